The summed E-state index contributed by atoms with van der Waals surface area (Å²) in [6.07, 6.45) is -1.24. The largest absolute Gasteiger partial charge is 0.508 e. The van der Waals surface area contributed by atoms with Gasteiger partial charge >= 0.3 is 11.8 Å². The molecule has 5 aromatic carbocycles. The van der Waals surface area contributed by atoms with Gasteiger partial charge in [-0.1, -0.05) is 36.4 Å². The van der Waals surface area contributed by atoms with Gasteiger partial charge in [-0.25, -0.2) is 4.79 Å². The normalized spacial score (nSPS) is 22.6. The minimum atomic E-state index is -2.14. The van der Waals surface area contributed by atoms with Crippen LogP contribution in [0.25, 0.3) is 6.08 Å². The van der Waals surface area contributed by atoms with E-state index in [2.05, 4.69) is 0 Å². The van der Waals surface area contributed by atoms with Crippen molar-refractivity contribution in [2.75, 3.05) is 0 Å². The Hall–Kier alpha value is -6.73. The molecule has 264 valence electrons. The Morgan fingerprint density at radius 3 is 2.13 bits per heavy atom. The molecule has 5 atom stereocenters. The van der Waals surface area contributed by atoms with Gasteiger partial charge in [0.15, 0.2) is 29.1 Å². The monoisotopic (exact) mass is 706 g/mol. The van der Waals surface area contributed by atoms with Gasteiger partial charge < -0.3 is 59.8 Å². The van der Waals surface area contributed by atoms with Gasteiger partial charge in [0.2, 0.25) is 0 Å². The first-order valence-electron chi connectivity index (χ1n) is 16.1. The second-order valence-electron chi connectivity index (χ2n) is 12.7. The fourth-order valence-corrected chi connectivity index (χ4v) is 7.09. The molecule has 13 nitrogen and oxygen atoms in total. The van der Waals surface area contributed by atoms with E-state index in [4.69, 9.17) is 18.9 Å². The Bertz CT molecular complexity index is 2280. The summed E-state index contributed by atoms with van der Waals surface area (Å²) in [6, 6.07) is 20.2. The zero-order valence-electron chi connectivity index (χ0n) is 26.9. The molecule has 13 heteroatoms. The van der Waals surface area contributed by atoms with Gasteiger partial charge in [0.1, 0.15) is 46.7 Å². The van der Waals surface area contributed by atoms with Gasteiger partial charge in [-0.2, -0.15) is 0 Å². The molecule has 0 fully saturated rings. The fraction of sp³-hybridized carbons (Fsp3) is 0.154. The number of phenolic OH excluding ortho intramolecular Hbond substituents is 7. The number of ether oxygens (including phenoxy) is 4. The fourth-order valence-electron chi connectivity index (χ4n) is 7.09. The molecule has 0 aromatic heterocycles. The van der Waals surface area contributed by atoms with Crippen molar-refractivity contribution in [2.24, 2.45) is 0 Å². The summed E-state index contributed by atoms with van der Waals surface area (Å²) in [5.41, 5.74) is 1.45. The molecule has 0 radical (unpaired) electrons. The highest BCUT2D eigenvalue weighted by atomic mass is 16.7. The molecule has 3 heterocycles. The van der Waals surface area contributed by atoms with Crippen LogP contribution in [0.5, 0.6) is 57.5 Å². The van der Waals surface area contributed by atoms with E-state index in [9.17, 15) is 45.6 Å². The molecule has 8 rings (SSSR count). The summed E-state index contributed by atoms with van der Waals surface area (Å²) in [4.78, 5) is 13.1. The van der Waals surface area contributed by atoms with Gasteiger partial charge in [0, 0.05) is 58.5 Å². The van der Waals surface area contributed by atoms with Crippen molar-refractivity contribution in [3.05, 3.63) is 124 Å². The molecule has 8 N–H and O–H groups in total. The zero-order valence-corrected chi connectivity index (χ0v) is 26.9. The number of carbonyl (C=O) groups excluding carboxylic acids is 1. The summed E-state index contributed by atoms with van der Waals surface area (Å²) in [5.74, 6) is -7.23. The molecule has 3 aliphatic heterocycles. The molecule has 5 aromatic rings. The van der Waals surface area contributed by atoms with E-state index in [0.29, 0.717) is 0 Å². The first-order chi connectivity index (χ1) is 24.9. The number of aliphatic hydroxyl groups is 1. The van der Waals surface area contributed by atoms with Crippen molar-refractivity contribution in [3.8, 4) is 57.5 Å². The van der Waals surface area contributed by atoms with Crippen LogP contribution in [-0.2, 0) is 21.7 Å². The molecular weight excluding hydrogens is 676 g/mol. The topological polar surface area (TPSA) is 216 Å². The summed E-state index contributed by atoms with van der Waals surface area (Å²) in [5, 5.41) is 86.1. The minimum Gasteiger partial charge on any atom is -0.508 e. The van der Waals surface area contributed by atoms with Gasteiger partial charge in [0.25, 0.3) is 0 Å². The van der Waals surface area contributed by atoms with E-state index in [1.807, 2.05) is 18.2 Å². The Kier molecular flexibility index (Phi) is 7.46. The van der Waals surface area contributed by atoms with E-state index in [1.54, 1.807) is 18.2 Å². The number of aromatic hydroxyl groups is 7. The Labute approximate surface area is 294 Å². The lowest BCUT2D eigenvalue weighted by Gasteiger charge is -2.50. The summed E-state index contributed by atoms with van der Waals surface area (Å²) >= 11 is 0. The third kappa shape index (κ3) is 5.17. The molecule has 2 bridgehead atoms. The van der Waals surface area contributed by atoms with E-state index in [-0.39, 0.29) is 63.0 Å². The molecule has 0 unspecified atom stereocenters. The molecule has 0 aliphatic carbocycles. The van der Waals surface area contributed by atoms with Crippen LogP contribution < -0.4 is 14.2 Å². The Balaban J connectivity index is 1.28. The smallest absolute Gasteiger partial charge is 0.331 e. The number of benzene rings is 5. The predicted molar refractivity (Wildman–Crippen MR) is 181 cm³/mol. The number of aliphatic hydroxyl groups excluding tert-OH is 1. The van der Waals surface area contributed by atoms with Crippen molar-refractivity contribution in [1.82, 2.24) is 0 Å². The molecule has 0 spiro atoms. The zero-order chi connectivity index (χ0) is 36.5. The highest BCUT2D eigenvalue weighted by molar-refractivity contribution is 5.87. The number of rotatable bonds is 5. The van der Waals surface area contributed by atoms with Crippen molar-refractivity contribution < 1.29 is 64.6 Å². The van der Waals surface area contributed by atoms with Crippen LogP contribution in [0.4, 0.5) is 0 Å². The van der Waals surface area contributed by atoms with E-state index in [1.165, 1.54) is 48.5 Å². The number of phenols is 7. The minimum absolute atomic E-state index is 0.00576. The van der Waals surface area contributed by atoms with Crippen molar-refractivity contribution >= 4 is 12.0 Å². The number of hydrogen-bond donors (Lipinski definition) is 8. The van der Waals surface area contributed by atoms with Crippen LogP contribution in [0.1, 0.15) is 45.4 Å². The highest BCUT2D eigenvalue weighted by Gasteiger charge is 2.60. The average Bonchev–Trinajstić information content (AvgIpc) is 3.10. The Morgan fingerprint density at radius 1 is 0.731 bits per heavy atom. The lowest BCUT2D eigenvalue weighted by atomic mass is 9.74. The first kappa shape index (κ1) is 32.5. The van der Waals surface area contributed by atoms with Crippen LogP contribution in [0.3, 0.4) is 0 Å². The van der Waals surface area contributed by atoms with Crippen LogP contribution in [0.2, 0.25) is 0 Å². The molecule has 3 aliphatic rings. The van der Waals surface area contributed by atoms with E-state index >= 15 is 0 Å². The van der Waals surface area contributed by atoms with Crippen LogP contribution >= 0.6 is 0 Å². The SMILES string of the molecule is O=C(/C=C/c1ccccc1)O[C@@H]1Cc2c(O)cc3c(c2O[C@@H]1c1ccc(O)c(O)c1)[C@H]1c2c(O)cc(O)cc2O[C@@](c2ccc(O)c(O)c2)(O3)[C@@H]1O. The van der Waals surface area contributed by atoms with Crippen LogP contribution in [0, 0.1) is 0 Å². The molecule has 0 saturated carbocycles. The molecular formula is C39H30O13. The van der Waals surface area contributed by atoms with Crippen molar-refractivity contribution in [2.45, 2.75) is 36.4 Å². The lowest BCUT2D eigenvalue weighted by molar-refractivity contribution is -0.219. The van der Waals surface area contributed by atoms with Gasteiger partial charge in [-0.05, 0) is 42.0 Å². The summed E-state index contributed by atoms with van der Waals surface area (Å²) in [7, 11) is 0. The average molecular weight is 707 g/mol. The van der Waals surface area contributed by atoms with Gasteiger partial charge in [0.05, 0.1) is 5.92 Å². The summed E-state index contributed by atoms with van der Waals surface area (Å²) in [6.45, 7) is 0. The Morgan fingerprint density at radius 2 is 1.42 bits per heavy atom. The second kappa shape index (κ2) is 12.0. The number of esters is 1. The second-order valence-corrected chi connectivity index (χ2v) is 12.7. The maximum absolute atomic E-state index is 13.1. The molecule has 52 heavy (non-hydrogen) atoms. The summed E-state index contributed by atoms with van der Waals surface area (Å²) < 4.78 is 25.0. The van der Waals surface area contributed by atoms with E-state index in [0.717, 1.165) is 17.7 Å². The predicted octanol–water partition coefficient (Wildman–Crippen LogP) is 5.06. The van der Waals surface area contributed by atoms with E-state index < -0.39 is 64.7 Å². The highest BCUT2D eigenvalue weighted by Crippen LogP contribution is 2.62. The third-order valence-corrected chi connectivity index (χ3v) is 9.49. The third-order valence-electron chi connectivity index (χ3n) is 9.49. The standard InChI is InChI=1S/C39H30O13/c40-21-14-28(46)33-29(15-21)51-39(20-8-10-24(42)27(45)13-20)38(48)35(33)34-30(52-39)17-25(43)22-16-31(49-32(47)11-6-18-4-2-1-3-5-18)36(50-37(22)34)19-7-9-23(41)26(44)12-19/h1-15,17,31,35-36,38,40-46,48H,16H2/b11-6+/t31-,35-,36-,38-,39+/m1/s1. The van der Waals surface area contributed by atoms with Crippen LogP contribution in [0.15, 0.2) is 91.0 Å². The van der Waals surface area contributed by atoms with Gasteiger partial charge in [-0.15, -0.1) is 0 Å². The number of fused-ring (bicyclic) bond motifs is 8. The van der Waals surface area contributed by atoms with Crippen molar-refractivity contribution in [3.63, 3.8) is 0 Å². The number of hydrogen-bond acceptors (Lipinski definition) is 13. The van der Waals surface area contributed by atoms with Crippen molar-refractivity contribution in [1.29, 1.82) is 0 Å². The quantitative estimate of drug-likeness (QED) is 0.0683. The molecule has 0 saturated heterocycles. The first-order valence-corrected chi connectivity index (χ1v) is 16.1. The molecule has 0 amide bonds. The van der Waals surface area contributed by atoms with Crippen LogP contribution in [-0.4, -0.2) is 59.0 Å². The maximum Gasteiger partial charge on any atom is 0.331 e. The number of carbonyl (C=O) groups is 1. The maximum atomic E-state index is 13.1. The van der Waals surface area contributed by atoms with Gasteiger partial charge in [-0.3, -0.25) is 0 Å². The lowest BCUT2D eigenvalue weighted by Crippen LogP contribution is -2.57.